The van der Waals surface area contributed by atoms with E-state index in [1.165, 1.54) is 0 Å². The van der Waals surface area contributed by atoms with E-state index in [1.54, 1.807) is 32.2 Å². The fourth-order valence-electron chi connectivity index (χ4n) is 2.13. The number of hydrogen-bond acceptors (Lipinski definition) is 2. The Bertz CT molecular complexity index is 646. The fourth-order valence-corrected chi connectivity index (χ4v) is 2.40. The molecule has 0 radical (unpaired) electrons. The van der Waals surface area contributed by atoms with Gasteiger partial charge in [0.05, 0.1) is 18.4 Å². The Morgan fingerprint density at radius 1 is 1.32 bits per heavy atom. The molecule has 100 valence electrons. The molecular formula is C14H14ClNO3. The number of aromatic nitrogens is 1. The number of aryl methyl sites for hydroxylation is 2. The van der Waals surface area contributed by atoms with Gasteiger partial charge in [-0.3, -0.25) is 0 Å². The van der Waals surface area contributed by atoms with Gasteiger partial charge >= 0.3 is 5.97 Å². The van der Waals surface area contributed by atoms with Crippen molar-refractivity contribution in [3.8, 4) is 17.0 Å². The smallest absolute Gasteiger partial charge is 0.337 e. The van der Waals surface area contributed by atoms with Crippen LogP contribution in [0.4, 0.5) is 0 Å². The summed E-state index contributed by atoms with van der Waals surface area (Å²) >= 11 is 6.05. The molecule has 0 atom stereocenters. The fraction of sp³-hybridized carbons (Fsp3) is 0.214. The van der Waals surface area contributed by atoms with Crippen LogP contribution in [0.25, 0.3) is 11.3 Å². The highest BCUT2D eigenvalue weighted by molar-refractivity contribution is 6.31. The van der Waals surface area contributed by atoms with Crippen molar-refractivity contribution < 1.29 is 14.6 Å². The van der Waals surface area contributed by atoms with Crippen molar-refractivity contribution in [1.82, 2.24) is 4.98 Å². The Hall–Kier alpha value is -1.94. The van der Waals surface area contributed by atoms with E-state index in [4.69, 9.17) is 21.4 Å². The maximum atomic E-state index is 11.1. The Labute approximate surface area is 116 Å². The molecule has 0 aliphatic heterocycles. The van der Waals surface area contributed by atoms with E-state index in [1.807, 2.05) is 6.92 Å². The van der Waals surface area contributed by atoms with E-state index in [0.29, 0.717) is 22.2 Å². The lowest BCUT2D eigenvalue weighted by Gasteiger charge is -2.11. The molecule has 2 rings (SSSR count). The second-order valence-corrected chi connectivity index (χ2v) is 4.77. The number of hydrogen-bond donors (Lipinski definition) is 2. The Balaban J connectivity index is 2.64. The lowest BCUT2D eigenvalue weighted by molar-refractivity contribution is 0.0696. The van der Waals surface area contributed by atoms with Crippen molar-refractivity contribution in [3.63, 3.8) is 0 Å². The molecule has 2 aromatic rings. The topological polar surface area (TPSA) is 62.3 Å². The molecule has 1 aromatic heterocycles. The van der Waals surface area contributed by atoms with Gasteiger partial charge in [0.15, 0.2) is 0 Å². The molecule has 0 fully saturated rings. The summed E-state index contributed by atoms with van der Waals surface area (Å²) in [7, 11) is 1.58. The average Bonchev–Trinajstić information content (AvgIpc) is 2.70. The SMILES string of the molecule is COc1c(C)cc(Cl)cc1-c1cc(C(=O)O)c(C)[nH]1. The maximum absolute atomic E-state index is 11.1. The number of carbonyl (C=O) groups is 1. The summed E-state index contributed by atoms with van der Waals surface area (Å²) in [6.07, 6.45) is 0. The number of nitrogens with one attached hydrogen (secondary N) is 1. The zero-order chi connectivity index (χ0) is 14.2. The Kier molecular flexibility index (Phi) is 3.53. The summed E-state index contributed by atoms with van der Waals surface area (Å²) in [5.74, 6) is -0.277. The van der Waals surface area contributed by atoms with Gasteiger partial charge in [-0.05, 0) is 37.6 Å². The third kappa shape index (κ3) is 2.44. The molecule has 0 spiro atoms. The predicted molar refractivity (Wildman–Crippen MR) is 74.2 cm³/mol. The molecule has 19 heavy (non-hydrogen) atoms. The van der Waals surface area contributed by atoms with Gasteiger partial charge in [0.2, 0.25) is 0 Å². The van der Waals surface area contributed by atoms with Gasteiger partial charge in [0.25, 0.3) is 0 Å². The number of carboxylic acid groups (broad SMARTS) is 1. The highest BCUT2D eigenvalue weighted by atomic mass is 35.5. The number of methoxy groups -OCH3 is 1. The van der Waals surface area contributed by atoms with Gasteiger partial charge in [-0.1, -0.05) is 11.6 Å². The molecule has 2 N–H and O–H groups in total. The van der Waals surface area contributed by atoms with Crippen LogP contribution in [0.1, 0.15) is 21.6 Å². The van der Waals surface area contributed by atoms with Crippen LogP contribution < -0.4 is 4.74 Å². The van der Waals surface area contributed by atoms with Crippen molar-refractivity contribution in [3.05, 3.63) is 40.0 Å². The lowest BCUT2D eigenvalue weighted by Crippen LogP contribution is -1.95. The van der Waals surface area contributed by atoms with Crippen LogP contribution in [0.3, 0.4) is 0 Å². The molecular weight excluding hydrogens is 266 g/mol. The van der Waals surface area contributed by atoms with Crippen LogP contribution in [0.15, 0.2) is 18.2 Å². The number of aromatic amines is 1. The molecule has 0 aliphatic rings. The van der Waals surface area contributed by atoms with E-state index < -0.39 is 5.97 Å². The zero-order valence-corrected chi connectivity index (χ0v) is 11.6. The first-order valence-corrected chi connectivity index (χ1v) is 6.09. The van der Waals surface area contributed by atoms with Crippen molar-refractivity contribution in [1.29, 1.82) is 0 Å². The highest BCUT2D eigenvalue weighted by Crippen LogP contribution is 2.35. The number of ether oxygens (including phenoxy) is 1. The number of rotatable bonds is 3. The summed E-state index contributed by atoms with van der Waals surface area (Å²) in [5, 5.41) is 9.67. The second-order valence-electron chi connectivity index (χ2n) is 4.33. The van der Waals surface area contributed by atoms with Gasteiger partial charge in [0.1, 0.15) is 5.75 Å². The van der Waals surface area contributed by atoms with E-state index in [-0.39, 0.29) is 5.56 Å². The molecule has 1 heterocycles. The first-order valence-electron chi connectivity index (χ1n) is 5.71. The molecule has 5 heteroatoms. The second kappa shape index (κ2) is 4.97. The van der Waals surface area contributed by atoms with Gasteiger partial charge in [-0.15, -0.1) is 0 Å². The van der Waals surface area contributed by atoms with Gasteiger partial charge < -0.3 is 14.8 Å². The number of benzene rings is 1. The largest absolute Gasteiger partial charge is 0.496 e. The number of aromatic carboxylic acids is 1. The molecule has 0 unspecified atom stereocenters. The zero-order valence-electron chi connectivity index (χ0n) is 10.9. The van der Waals surface area contributed by atoms with Crippen LogP contribution in [-0.4, -0.2) is 23.2 Å². The van der Waals surface area contributed by atoms with E-state index in [2.05, 4.69) is 4.98 Å². The molecule has 0 aliphatic carbocycles. The Morgan fingerprint density at radius 3 is 2.53 bits per heavy atom. The molecule has 0 saturated carbocycles. The van der Waals surface area contributed by atoms with E-state index in [0.717, 1.165) is 11.1 Å². The lowest BCUT2D eigenvalue weighted by atomic mass is 10.1. The number of carboxylic acids is 1. The van der Waals surface area contributed by atoms with Crippen LogP contribution in [0.5, 0.6) is 5.75 Å². The average molecular weight is 280 g/mol. The maximum Gasteiger partial charge on any atom is 0.337 e. The van der Waals surface area contributed by atoms with E-state index >= 15 is 0 Å². The minimum Gasteiger partial charge on any atom is -0.496 e. The van der Waals surface area contributed by atoms with Crippen LogP contribution in [-0.2, 0) is 0 Å². The molecule has 0 bridgehead atoms. The van der Waals surface area contributed by atoms with Crippen molar-refractivity contribution in [2.75, 3.05) is 7.11 Å². The van der Waals surface area contributed by atoms with Gasteiger partial charge in [0, 0.05) is 16.3 Å². The van der Waals surface area contributed by atoms with Gasteiger partial charge in [-0.2, -0.15) is 0 Å². The molecule has 1 aromatic carbocycles. The first kappa shape index (κ1) is 13.5. The third-order valence-corrected chi connectivity index (χ3v) is 3.20. The predicted octanol–water partition coefficient (Wildman–Crippen LogP) is 3.66. The Morgan fingerprint density at radius 2 is 2.00 bits per heavy atom. The normalized spacial score (nSPS) is 10.5. The quantitative estimate of drug-likeness (QED) is 0.901. The van der Waals surface area contributed by atoms with Crippen LogP contribution in [0, 0.1) is 13.8 Å². The van der Waals surface area contributed by atoms with Crippen molar-refractivity contribution in [2.45, 2.75) is 13.8 Å². The summed E-state index contributed by atoms with van der Waals surface area (Å²) in [6.45, 7) is 3.61. The van der Waals surface area contributed by atoms with Crippen LogP contribution >= 0.6 is 11.6 Å². The summed E-state index contributed by atoms with van der Waals surface area (Å²) in [5.41, 5.74) is 3.17. The first-order chi connectivity index (χ1) is 8.93. The van der Waals surface area contributed by atoms with Crippen molar-refractivity contribution in [2.24, 2.45) is 0 Å². The standard InChI is InChI=1S/C14H14ClNO3/c1-7-4-9(15)5-11(13(7)19-3)12-6-10(14(17)18)8(2)16-12/h4-6,16H,1-3H3,(H,17,18). The monoisotopic (exact) mass is 279 g/mol. The minimum atomic E-state index is -0.960. The van der Waals surface area contributed by atoms with Gasteiger partial charge in [-0.25, -0.2) is 4.79 Å². The number of halogens is 1. The molecule has 0 amide bonds. The van der Waals surface area contributed by atoms with E-state index in [9.17, 15) is 4.79 Å². The molecule has 0 saturated heterocycles. The highest BCUT2D eigenvalue weighted by Gasteiger charge is 2.16. The molecule has 4 nitrogen and oxygen atoms in total. The van der Waals surface area contributed by atoms with Crippen molar-refractivity contribution >= 4 is 17.6 Å². The third-order valence-electron chi connectivity index (χ3n) is 2.98. The summed E-state index contributed by atoms with van der Waals surface area (Å²) in [4.78, 5) is 14.1. The summed E-state index contributed by atoms with van der Waals surface area (Å²) < 4.78 is 5.37. The van der Waals surface area contributed by atoms with Crippen LogP contribution in [0.2, 0.25) is 5.02 Å². The summed E-state index contributed by atoms with van der Waals surface area (Å²) in [6, 6.07) is 5.15. The number of H-pyrrole nitrogens is 1. The minimum absolute atomic E-state index is 0.245.